The molecule has 1 unspecified atom stereocenters. The Balaban J connectivity index is 1.39. The highest BCUT2D eigenvalue weighted by Gasteiger charge is 2.33. The van der Waals surface area contributed by atoms with Crippen LogP contribution in [0, 0.1) is 11.6 Å². The van der Waals surface area contributed by atoms with Crippen LogP contribution in [0.25, 0.3) is 0 Å². The summed E-state index contributed by atoms with van der Waals surface area (Å²) in [4.78, 5) is 13.8. The molecule has 0 saturated carbocycles. The predicted octanol–water partition coefficient (Wildman–Crippen LogP) is 2.67. The van der Waals surface area contributed by atoms with Gasteiger partial charge in [0.1, 0.15) is 16.5 Å². The number of hydrogen-bond acceptors (Lipinski definition) is 3. The molecule has 1 fully saturated rings. The Bertz CT molecular complexity index is 1040. The number of nitrogens with zero attached hydrogens (tertiary/aromatic N) is 2. The maximum atomic E-state index is 13.9. The summed E-state index contributed by atoms with van der Waals surface area (Å²) in [5, 5.41) is 2.92. The fraction of sp³-hybridized carbons (Fsp3) is 0.350. The molecule has 1 N–H and O–H groups in total. The predicted molar refractivity (Wildman–Crippen MR) is 103 cm³/mol. The Morgan fingerprint density at radius 2 is 1.66 bits per heavy atom. The highest BCUT2D eigenvalue weighted by molar-refractivity contribution is 7.89. The van der Waals surface area contributed by atoms with Gasteiger partial charge in [-0.1, -0.05) is 24.3 Å². The lowest BCUT2D eigenvalue weighted by Crippen LogP contribution is -2.53. The molecule has 1 atom stereocenters. The van der Waals surface area contributed by atoms with Crippen molar-refractivity contribution < 1.29 is 22.0 Å². The zero-order valence-electron chi connectivity index (χ0n) is 15.6. The monoisotopic (exact) mass is 421 g/mol. The second kappa shape index (κ2) is 7.72. The maximum Gasteiger partial charge on any atom is 0.317 e. The molecule has 1 heterocycles. The Morgan fingerprint density at radius 1 is 0.966 bits per heavy atom. The van der Waals surface area contributed by atoms with Gasteiger partial charge in [0.05, 0.1) is 6.04 Å². The van der Waals surface area contributed by atoms with Crippen molar-refractivity contribution >= 4 is 16.1 Å². The summed E-state index contributed by atoms with van der Waals surface area (Å²) in [5.41, 5.74) is 1.43. The van der Waals surface area contributed by atoms with E-state index in [0.29, 0.717) is 18.4 Å². The van der Waals surface area contributed by atoms with E-state index in [4.69, 9.17) is 0 Å². The van der Waals surface area contributed by atoms with Gasteiger partial charge in [0, 0.05) is 26.2 Å². The van der Waals surface area contributed by atoms with E-state index >= 15 is 0 Å². The van der Waals surface area contributed by atoms with Crippen molar-refractivity contribution in [3.8, 4) is 0 Å². The standard InChI is InChI=1S/C20H21F2N3O3S/c21-16-6-3-4-15-14(16)8-9-18(15)23-20(26)24-10-12-25(13-11-24)29(27,28)19-7-2-1-5-17(19)22/h1-7,18H,8-13H2,(H,23,26). The minimum absolute atomic E-state index is 0.0833. The number of hydrogen-bond donors (Lipinski definition) is 1. The van der Waals surface area contributed by atoms with Crippen LogP contribution in [0.1, 0.15) is 23.6 Å². The van der Waals surface area contributed by atoms with Crippen LogP contribution in [0.4, 0.5) is 13.6 Å². The summed E-state index contributed by atoms with van der Waals surface area (Å²) in [6.07, 6.45) is 1.20. The highest BCUT2D eigenvalue weighted by atomic mass is 32.2. The number of urea groups is 1. The molecule has 1 saturated heterocycles. The lowest BCUT2D eigenvalue weighted by Gasteiger charge is -2.34. The van der Waals surface area contributed by atoms with Crippen LogP contribution >= 0.6 is 0 Å². The van der Waals surface area contributed by atoms with Gasteiger partial charge < -0.3 is 10.2 Å². The number of carbonyl (C=O) groups is 1. The van der Waals surface area contributed by atoms with E-state index in [1.165, 1.54) is 33.5 Å². The van der Waals surface area contributed by atoms with Gasteiger partial charge in [-0.3, -0.25) is 0 Å². The van der Waals surface area contributed by atoms with Crippen LogP contribution in [0.5, 0.6) is 0 Å². The van der Waals surface area contributed by atoms with Crippen LogP contribution in [0.3, 0.4) is 0 Å². The molecule has 1 aliphatic heterocycles. The molecule has 0 radical (unpaired) electrons. The Kier molecular flexibility index (Phi) is 5.26. The lowest BCUT2D eigenvalue weighted by atomic mass is 10.1. The topological polar surface area (TPSA) is 69.7 Å². The van der Waals surface area contributed by atoms with Crippen molar-refractivity contribution in [1.29, 1.82) is 0 Å². The molecule has 154 valence electrons. The maximum absolute atomic E-state index is 13.9. The van der Waals surface area contributed by atoms with Crippen LogP contribution in [0.2, 0.25) is 0 Å². The SMILES string of the molecule is O=C(NC1CCc2c(F)cccc21)N1CCN(S(=O)(=O)c2ccccc2F)CC1. The molecule has 0 aromatic heterocycles. The van der Waals surface area contributed by atoms with Gasteiger partial charge in [0.15, 0.2) is 0 Å². The first-order valence-electron chi connectivity index (χ1n) is 9.45. The largest absolute Gasteiger partial charge is 0.331 e. The number of piperazine rings is 1. The lowest BCUT2D eigenvalue weighted by molar-refractivity contribution is 0.169. The Morgan fingerprint density at radius 3 is 2.38 bits per heavy atom. The van der Waals surface area contributed by atoms with Crippen LogP contribution < -0.4 is 5.32 Å². The van der Waals surface area contributed by atoms with Crippen LogP contribution in [-0.4, -0.2) is 49.8 Å². The Labute approximate surface area is 168 Å². The average Bonchev–Trinajstić information content (AvgIpc) is 3.12. The minimum Gasteiger partial charge on any atom is -0.331 e. The molecule has 6 nitrogen and oxygen atoms in total. The second-order valence-corrected chi connectivity index (χ2v) is 9.08. The molecule has 4 rings (SSSR count). The summed E-state index contributed by atoms with van der Waals surface area (Å²) >= 11 is 0. The smallest absolute Gasteiger partial charge is 0.317 e. The normalized spacial score (nSPS) is 19.8. The van der Waals surface area contributed by atoms with E-state index in [1.807, 2.05) is 6.07 Å². The number of fused-ring (bicyclic) bond motifs is 1. The molecular weight excluding hydrogens is 400 g/mol. The third-order valence-corrected chi connectivity index (χ3v) is 7.42. The molecule has 0 bridgehead atoms. The van der Waals surface area contributed by atoms with Crippen LogP contribution in [0.15, 0.2) is 47.4 Å². The molecular formula is C20H21F2N3O3S. The molecule has 2 aliphatic rings. The Hall–Kier alpha value is -2.52. The first kappa shape index (κ1) is 19.8. The van der Waals surface area contributed by atoms with Gasteiger partial charge in [-0.15, -0.1) is 0 Å². The molecule has 0 spiro atoms. The van der Waals surface area contributed by atoms with E-state index in [-0.39, 0.29) is 49.0 Å². The summed E-state index contributed by atoms with van der Waals surface area (Å²) < 4.78 is 54.3. The molecule has 29 heavy (non-hydrogen) atoms. The van der Waals surface area contributed by atoms with Crippen molar-refractivity contribution in [3.63, 3.8) is 0 Å². The fourth-order valence-electron chi connectivity index (χ4n) is 3.92. The van der Waals surface area contributed by atoms with Gasteiger partial charge in [0.25, 0.3) is 0 Å². The molecule has 9 heteroatoms. The van der Waals surface area contributed by atoms with E-state index in [9.17, 15) is 22.0 Å². The summed E-state index contributed by atoms with van der Waals surface area (Å²) in [7, 11) is -3.95. The van der Waals surface area contributed by atoms with Gasteiger partial charge in [-0.25, -0.2) is 22.0 Å². The molecule has 2 aromatic carbocycles. The van der Waals surface area contributed by atoms with Gasteiger partial charge in [0.2, 0.25) is 10.0 Å². The number of rotatable bonds is 3. The fourth-order valence-corrected chi connectivity index (χ4v) is 5.41. The number of halogens is 2. The number of amides is 2. The second-order valence-electron chi connectivity index (χ2n) is 7.17. The molecule has 2 aromatic rings. The van der Waals surface area contributed by atoms with E-state index in [2.05, 4.69) is 5.32 Å². The van der Waals surface area contributed by atoms with Crippen molar-refractivity contribution in [2.24, 2.45) is 0 Å². The third kappa shape index (κ3) is 3.72. The number of nitrogens with one attached hydrogen (secondary N) is 1. The highest BCUT2D eigenvalue weighted by Crippen LogP contribution is 2.32. The summed E-state index contributed by atoms with van der Waals surface area (Å²) in [5.74, 6) is -1.05. The van der Waals surface area contributed by atoms with Gasteiger partial charge >= 0.3 is 6.03 Å². The summed E-state index contributed by atoms with van der Waals surface area (Å²) in [6.45, 7) is 0.560. The molecule has 2 amide bonds. The van der Waals surface area contributed by atoms with Crippen molar-refractivity contribution in [3.05, 3.63) is 65.2 Å². The third-order valence-electron chi connectivity index (χ3n) is 5.49. The first-order chi connectivity index (χ1) is 13.9. The first-order valence-corrected chi connectivity index (χ1v) is 10.9. The van der Waals surface area contributed by atoms with Crippen molar-refractivity contribution in [2.75, 3.05) is 26.2 Å². The van der Waals surface area contributed by atoms with E-state index in [1.54, 1.807) is 6.07 Å². The van der Waals surface area contributed by atoms with Crippen molar-refractivity contribution in [2.45, 2.75) is 23.8 Å². The number of sulfonamides is 1. The average molecular weight is 421 g/mol. The number of carbonyl (C=O) groups excluding carboxylic acids is 1. The zero-order chi connectivity index (χ0) is 20.6. The van der Waals surface area contributed by atoms with Crippen LogP contribution in [-0.2, 0) is 16.4 Å². The minimum atomic E-state index is -3.95. The number of benzene rings is 2. The quantitative estimate of drug-likeness (QED) is 0.829. The zero-order valence-corrected chi connectivity index (χ0v) is 16.5. The van der Waals surface area contributed by atoms with Crippen molar-refractivity contribution in [1.82, 2.24) is 14.5 Å². The van der Waals surface area contributed by atoms with E-state index in [0.717, 1.165) is 11.6 Å². The molecule has 1 aliphatic carbocycles. The summed E-state index contributed by atoms with van der Waals surface area (Å²) in [6, 6.07) is 9.55. The van der Waals surface area contributed by atoms with Gasteiger partial charge in [-0.2, -0.15) is 4.31 Å². The van der Waals surface area contributed by atoms with E-state index < -0.39 is 15.8 Å². The van der Waals surface area contributed by atoms with Gasteiger partial charge in [-0.05, 0) is 42.2 Å².